The van der Waals surface area contributed by atoms with Gasteiger partial charge in [0.2, 0.25) is 11.8 Å². The topological polar surface area (TPSA) is 110 Å². The maximum Gasteiger partial charge on any atom is 0.338 e. The van der Waals surface area contributed by atoms with Crippen LogP contribution in [0.3, 0.4) is 0 Å². The first kappa shape index (κ1) is 27.2. The van der Waals surface area contributed by atoms with Crippen LogP contribution >= 0.6 is 15.9 Å². The second-order valence-corrected chi connectivity index (χ2v) is 10.7. The zero-order valence-corrected chi connectivity index (χ0v) is 23.1. The van der Waals surface area contributed by atoms with Crippen LogP contribution in [0.4, 0.5) is 11.4 Å². The summed E-state index contributed by atoms with van der Waals surface area (Å²) in [6.45, 7) is 1.52. The highest BCUT2D eigenvalue weighted by molar-refractivity contribution is 9.10. The summed E-state index contributed by atoms with van der Waals surface area (Å²) in [6, 6.07) is 19.3. The van der Waals surface area contributed by atoms with Gasteiger partial charge in [-0.3, -0.25) is 19.2 Å². The molecule has 8 nitrogen and oxygen atoms in total. The van der Waals surface area contributed by atoms with Crippen LogP contribution in [0.5, 0.6) is 0 Å². The van der Waals surface area contributed by atoms with Gasteiger partial charge in [-0.2, -0.15) is 0 Å². The lowest BCUT2D eigenvalue weighted by Crippen LogP contribution is -2.33. The number of anilines is 2. The van der Waals surface area contributed by atoms with Crippen molar-refractivity contribution >= 4 is 56.8 Å². The molecule has 5 rings (SSSR count). The number of imide groups is 1. The first-order chi connectivity index (χ1) is 19.2. The molecule has 1 N–H and O–H groups in total. The Hall–Kier alpha value is -4.37. The number of nitrogens with zero attached hydrogens (tertiary/aromatic N) is 1. The molecule has 0 radical (unpaired) electrons. The zero-order valence-electron chi connectivity index (χ0n) is 21.6. The Kier molecular flexibility index (Phi) is 7.75. The van der Waals surface area contributed by atoms with Crippen molar-refractivity contribution < 1.29 is 28.7 Å². The van der Waals surface area contributed by atoms with Crippen molar-refractivity contribution in [2.24, 2.45) is 11.8 Å². The first-order valence-corrected chi connectivity index (χ1v) is 13.5. The van der Waals surface area contributed by atoms with Crippen molar-refractivity contribution in [1.82, 2.24) is 0 Å². The number of hydrogen-bond donors (Lipinski definition) is 1. The predicted molar refractivity (Wildman–Crippen MR) is 152 cm³/mol. The van der Waals surface area contributed by atoms with E-state index in [0.29, 0.717) is 24.1 Å². The Morgan fingerprint density at radius 1 is 0.925 bits per heavy atom. The molecule has 3 aromatic rings. The van der Waals surface area contributed by atoms with Crippen molar-refractivity contribution in [2.75, 3.05) is 16.8 Å². The summed E-state index contributed by atoms with van der Waals surface area (Å²) in [5.41, 5.74) is 2.32. The molecular weight excluding hydrogens is 576 g/mol. The summed E-state index contributed by atoms with van der Waals surface area (Å²) in [5, 5.41) is 2.74. The van der Waals surface area contributed by atoms with Gasteiger partial charge in [-0.05, 0) is 62.2 Å². The maximum atomic E-state index is 13.3. The van der Waals surface area contributed by atoms with E-state index >= 15 is 0 Å². The number of rotatable bonds is 7. The van der Waals surface area contributed by atoms with E-state index < -0.39 is 30.3 Å². The molecule has 1 saturated heterocycles. The Morgan fingerprint density at radius 3 is 2.42 bits per heavy atom. The number of para-hydroxylation sites is 1. The van der Waals surface area contributed by atoms with Crippen molar-refractivity contribution in [2.45, 2.75) is 19.8 Å². The van der Waals surface area contributed by atoms with Crippen molar-refractivity contribution in [3.8, 4) is 0 Å². The summed E-state index contributed by atoms with van der Waals surface area (Å²) in [5.74, 6) is -3.07. The van der Waals surface area contributed by atoms with E-state index in [1.807, 2.05) is 13.0 Å². The standard InChI is InChI=1S/C31H25BrN2O6/c1-18-9-14-23-25(15-18)30(38)34(29(23)37)26-8-3-2-7-24(26)28(36)33-22-6-4-5-20(16-22)31(39)40-17-27(35)19-10-12-21(32)13-11-19/h2-13,16,23,25H,14-15,17H2,1H3,(H,33,36)/t23-,25-/m0/s1. The quantitative estimate of drug-likeness (QED) is 0.164. The first-order valence-electron chi connectivity index (χ1n) is 12.7. The molecule has 1 aliphatic heterocycles. The highest BCUT2D eigenvalue weighted by atomic mass is 79.9. The third-order valence-corrected chi connectivity index (χ3v) is 7.60. The van der Waals surface area contributed by atoms with E-state index in [1.165, 1.54) is 12.1 Å². The van der Waals surface area contributed by atoms with Crippen LogP contribution in [-0.2, 0) is 14.3 Å². The molecule has 0 saturated carbocycles. The summed E-state index contributed by atoms with van der Waals surface area (Å²) < 4.78 is 6.01. The van der Waals surface area contributed by atoms with E-state index in [2.05, 4.69) is 21.2 Å². The number of carbonyl (C=O) groups is 5. The van der Waals surface area contributed by atoms with Gasteiger partial charge < -0.3 is 10.1 Å². The number of ketones is 1. The highest BCUT2D eigenvalue weighted by Gasteiger charge is 2.49. The monoisotopic (exact) mass is 600 g/mol. The Labute approximate surface area is 239 Å². The SMILES string of the molecule is CC1=CC[C@@H]2C(=O)N(c3ccccc3C(=O)Nc3cccc(C(=O)OCC(=O)c4ccc(Br)cc4)c3)C(=O)[C@H]2C1. The molecule has 0 bridgehead atoms. The van der Waals surface area contributed by atoms with Crippen LogP contribution in [0.15, 0.2) is 88.9 Å². The van der Waals surface area contributed by atoms with Crippen molar-refractivity contribution in [1.29, 1.82) is 0 Å². The van der Waals surface area contributed by atoms with E-state index in [9.17, 15) is 24.0 Å². The lowest BCUT2D eigenvalue weighted by atomic mass is 9.82. The van der Waals surface area contributed by atoms with Crippen LogP contribution in [-0.4, -0.2) is 36.1 Å². The largest absolute Gasteiger partial charge is 0.454 e. The number of ether oxygens (including phenoxy) is 1. The number of fused-ring (bicyclic) bond motifs is 1. The van der Waals surface area contributed by atoms with Crippen LogP contribution in [0, 0.1) is 11.8 Å². The summed E-state index contributed by atoms with van der Waals surface area (Å²) >= 11 is 3.31. The van der Waals surface area contributed by atoms with E-state index in [-0.39, 0.29) is 34.4 Å². The van der Waals surface area contributed by atoms with Gasteiger partial charge in [0.1, 0.15) is 0 Å². The average Bonchev–Trinajstić information content (AvgIpc) is 3.20. The molecule has 2 aliphatic rings. The summed E-state index contributed by atoms with van der Waals surface area (Å²) in [7, 11) is 0. The predicted octanol–water partition coefficient (Wildman–Crippen LogP) is 5.59. The fraction of sp³-hybridized carbons (Fsp3) is 0.194. The molecular formula is C31H25BrN2O6. The van der Waals surface area contributed by atoms with Gasteiger partial charge in [-0.1, -0.05) is 57.9 Å². The molecule has 0 aromatic heterocycles. The lowest BCUT2D eigenvalue weighted by molar-refractivity contribution is -0.122. The average molecular weight is 601 g/mol. The molecule has 1 fully saturated rings. The molecule has 0 spiro atoms. The summed E-state index contributed by atoms with van der Waals surface area (Å²) in [6.07, 6.45) is 3.02. The van der Waals surface area contributed by atoms with Gasteiger partial charge >= 0.3 is 5.97 Å². The number of hydrogen-bond acceptors (Lipinski definition) is 6. The maximum absolute atomic E-state index is 13.3. The molecule has 1 aliphatic carbocycles. The van der Waals surface area contributed by atoms with E-state index in [1.54, 1.807) is 60.7 Å². The van der Waals surface area contributed by atoms with Gasteiger partial charge in [-0.15, -0.1) is 0 Å². The second kappa shape index (κ2) is 11.4. The number of Topliss-reactive ketones (excluding diaryl/α,β-unsaturated/α-hetero) is 1. The van der Waals surface area contributed by atoms with Crippen LogP contribution < -0.4 is 10.2 Å². The van der Waals surface area contributed by atoms with Gasteiger partial charge in [0.25, 0.3) is 5.91 Å². The number of amides is 3. The van der Waals surface area contributed by atoms with Gasteiger partial charge in [-0.25, -0.2) is 9.69 Å². The van der Waals surface area contributed by atoms with Gasteiger partial charge in [0, 0.05) is 15.7 Å². The van der Waals surface area contributed by atoms with Crippen LogP contribution in [0.2, 0.25) is 0 Å². The molecule has 0 unspecified atom stereocenters. The molecule has 3 amide bonds. The van der Waals surface area contributed by atoms with Crippen molar-refractivity contribution in [3.05, 3.63) is 106 Å². The van der Waals surface area contributed by atoms with E-state index in [0.717, 1.165) is 14.9 Å². The van der Waals surface area contributed by atoms with Crippen molar-refractivity contribution in [3.63, 3.8) is 0 Å². The van der Waals surface area contributed by atoms with Gasteiger partial charge in [0.05, 0.1) is 28.7 Å². The third kappa shape index (κ3) is 5.51. The zero-order chi connectivity index (χ0) is 28.4. The number of nitrogens with one attached hydrogen (secondary N) is 1. The molecule has 1 heterocycles. The Morgan fingerprint density at radius 2 is 1.65 bits per heavy atom. The van der Waals surface area contributed by atoms with Gasteiger partial charge in [0.15, 0.2) is 12.4 Å². The Balaban J connectivity index is 1.28. The smallest absolute Gasteiger partial charge is 0.338 e. The minimum absolute atomic E-state index is 0.145. The molecule has 40 heavy (non-hydrogen) atoms. The second-order valence-electron chi connectivity index (χ2n) is 9.77. The molecule has 3 aromatic carbocycles. The number of benzene rings is 3. The Bertz CT molecular complexity index is 1560. The lowest BCUT2D eigenvalue weighted by Gasteiger charge is -2.19. The molecule has 202 valence electrons. The highest BCUT2D eigenvalue weighted by Crippen LogP contribution is 2.40. The minimum Gasteiger partial charge on any atom is -0.454 e. The molecule has 2 atom stereocenters. The number of halogens is 1. The molecule has 9 heteroatoms. The fourth-order valence-corrected chi connectivity index (χ4v) is 5.26. The van der Waals surface area contributed by atoms with Crippen LogP contribution in [0.25, 0.3) is 0 Å². The normalized spacial score (nSPS) is 18.1. The fourth-order valence-electron chi connectivity index (χ4n) is 4.99. The third-order valence-electron chi connectivity index (χ3n) is 7.07. The minimum atomic E-state index is -0.721. The number of esters is 1. The van der Waals surface area contributed by atoms with E-state index in [4.69, 9.17) is 4.74 Å². The number of carbonyl (C=O) groups excluding carboxylic acids is 5. The summed E-state index contributed by atoms with van der Waals surface area (Å²) in [4.78, 5) is 65.8. The number of allylic oxidation sites excluding steroid dienone is 2. The van der Waals surface area contributed by atoms with Crippen LogP contribution in [0.1, 0.15) is 50.8 Å².